The van der Waals surface area contributed by atoms with Gasteiger partial charge in [-0.05, 0) is 24.1 Å². The van der Waals surface area contributed by atoms with Crippen LogP contribution in [0.3, 0.4) is 0 Å². The van der Waals surface area contributed by atoms with E-state index >= 15 is 0 Å². The zero-order valence-corrected chi connectivity index (χ0v) is 14.2. The molecule has 3 rings (SSSR count). The number of nitrogens with zero attached hydrogens (tertiary/aromatic N) is 3. The average molecular weight is 348 g/mol. The number of benzene rings is 1. The van der Waals surface area contributed by atoms with E-state index in [4.69, 9.17) is 11.6 Å². The topological polar surface area (TPSA) is 84.7 Å². The Labute approximate surface area is 142 Å². The highest BCUT2D eigenvalue weighted by Gasteiger charge is 2.18. The van der Waals surface area contributed by atoms with Crippen LogP contribution >= 0.6 is 11.6 Å². The lowest BCUT2D eigenvalue weighted by Gasteiger charge is -2.11. The Morgan fingerprint density at radius 3 is 2.75 bits per heavy atom. The quantitative estimate of drug-likeness (QED) is 0.739. The molecule has 0 aliphatic rings. The third-order valence-corrected chi connectivity index (χ3v) is 4.09. The number of H-pyrrole nitrogens is 1. The number of hydrogen-bond donors (Lipinski definition) is 2. The Morgan fingerprint density at radius 2 is 2.08 bits per heavy atom. The molecule has 24 heavy (non-hydrogen) atoms. The molecule has 0 spiro atoms. The van der Waals surface area contributed by atoms with Crippen LogP contribution in [0.1, 0.15) is 18.9 Å². The van der Waals surface area contributed by atoms with Crippen molar-refractivity contribution in [3.63, 3.8) is 0 Å². The number of hydrogen-bond acceptors (Lipinski definition) is 4. The van der Waals surface area contributed by atoms with Crippen molar-refractivity contribution in [3.8, 4) is 0 Å². The summed E-state index contributed by atoms with van der Waals surface area (Å²) in [7, 11) is 1.70. The van der Waals surface area contributed by atoms with E-state index in [-0.39, 0.29) is 17.8 Å². The van der Waals surface area contributed by atoms with Gasteiger partial charge in [0.15, 0.2) is 5.65 Å². The van der Waals surface area contributed by atoms with Gasteiger partial charge in [0.2, 0.25) is 0 Å². The van der Waals surface area contributed by atoms with E-state index in [0.717, 1.165) is 5.56 Å². The molecule has 7 nitrogen and oxygen atoms in total. The first-order chi connectivity index (χ1) is 11.6. The zero-order chi connectivity index (χ0) is 17.3. The van der Waals surface area contributed by atoms with Gasteiger partial charge >= 0.3 is 5.69 Å². The summed E-state index contributed by atoms with van der Waals surface area (Å²) in [4.78, 5) is 25.5. The molecule has 0 aliphatic heterocycles. The molecule has 2 N–H and O–H groups in total. The van der Waals surface area contributed by atoms with Crippen LogP contribution in [0.15, 0.2) is 33.9 Å². The van der Waals surface area contributed by atoms with Gasteiger partial charge in [-0.1, -0.05) is 30.7 Å². The molecule has 0 bridgehead atoms. The van der Waals surface area contributed by atoms with E-state index in [0.29, 0.717) is 34.8 Å². The van der Waals surface area contributed by atoms with Gasteiger partial charge in [-0.15, -0.1) is 0 Å². The highest BCUT2D eigenvalue weighted by atomic mass is 35.5. The number of halogens is 1. The molecule has 0 aliphatic carbocycles. The Bertz CT molecular complexity index is 1000. The second kappa shape index (κ2) is 6.52. The van der Waals surface area contributed by atoms with Crippen LogP contribution in [-0.4, -0.2) is 26.4 Å². The molecule has 0 saturated heterocycles. The first-order valence-electron chi connectivity index (χ1n) is 7.70. The molecule has 0 saturated carbocycles. The molecule has 126 valence electrons. The summed E-state index contributed by atoms with van der Waals surface area (Å²) < 4.78 is 2.75. The minimum atomic E-state index is -0.372. The van der Waals surface area contributed by atoms with Crippen LogP contribution in [-0.2, 0) is 13.1 Å². The van der Waals surface area contributed by atoms with Crippen molar-refractivity contribution in [2.45, 2.75) is 26.4 Å². The lowest BCUT2D eigenvalue weighted by atomic mass is 10.2. The summed E-state index contributed by atoms with van der Waals surface area (Å²) in [6.45, 7) is 2.57. The van der Waals surface area contributed by atoms with Gasteiger partial charge in [0, 0.05) is 18.6 Å². The molecule has 0 unspecified atom stereocenters. The fourth-order valence-electron chi connectivity index (χ4n) is 2.75. The van der Waals surface area contributed by atoms with Crippen molar-refractivity contribution in [2.75, 3.05) is 12.4 Å². The Morgan fingerprint density at radius 1 is 1.29 bits per heavy atom. The summed E-state index contributed by atoms with van der Waals surface area (Å²) in [5.74, 6) is 0.500. The molecule has 2 aromatic heterocycles. The highest BCUT2D eigenvalue weighted by molar-refractivity contribution is 6.30. The fraction of sp³-hybridized carbons (Fsp3) is 0.312. The SMILES string of the molecule is CCCn1c(=O)c2c(NC)[nH]nc2n(Cc2cccc(Cl)c2)c1=O. The Kier molecular flexibility index (Phi) is 4.44. The van der Waals surface area contributed by atoms with E-state index in [9.17, 15) is 9.59 Å². The largest absolute Gasteiger partial charge is 0.373 e. The number of anilines is 1. The predicted octanol–water partition coefficient (Wildman–Crippen LogP) is 2.04. The predicted molar refractivity (Wildman–Crippen MR) is 95.0 cm³/mol. The molecular weight excluding hydrogens is 330 g/mol. The third-order valence-electron chi connectivity index (χ3n) is 3.85. The number of nitrogens with one attached hydrogen (secondary N) is 2. The van der Waals surface area contributed by atoms with Crippen molar-refractivity contribution < 1.29 is 0 Å². The number of aromatic nitrogens is 4. The van der Waals surface area contributed by atoms with Crippen LogP contribution in [0, 0.1) is 0 Å². The van der Waals surface area contributed by atoms with E-state index in [2.05, 4.69) is 15.5 Å². The summed E-state index contributed by atoms with van der Waals surface area (Å²) >= 11 is 6.03. The minimum Gasteiger partial charge on any atom is -0.373 e. The van der Waals surface area contributed by atoms with Crippen molar-refractivity contribution in [2.24, 2.45) is 0 Å². The van der Waals surface area contributed by atoms with E-state index in [1.54, 1.807) is 19.2 Å². The average Bonchev–Trinajstić information content (AvgIpc) is 2.99. The normalized spacial score (nSPS) is 11.1. The molecule has 0 amide bonds. The number of fused-ring (bicyclic) bond motifs is 1. The minimum absolute atomic E-state index is 0.286. The van der Waals surface area contributed by atoms with Gasteiger partial charge < -0.3 is 5.32 Å². The lowest BCUT2D eigenvalue weighted by Crippen LogP contribution is -2.40. The smallest absolute Gasteiger partial charge is 0.333 e. The summed E-state index contributed by atoms with van der Waals surface area (Å²) in [6, 6.07) is 7.27. The summed E-state index contributed by atoms with van der Waals surface area (Å²) in [5.41, 5.74) is 0.490. The Balaban J connectivity index is 2.28. The summed E-state index contributed by atoms with van der Waals surface area (Å²) in [5, 5.41) is 10.8. The van der Waals surface area contributed by atoms with Crippen molar-refractivity contribution >= 4 is 28.5 Å². The monoisotopic (exact) mass is 347 g/mol. The maximum atomic E-state index is 12.8. The number of rotatable bonds is 5. The van der Waals surface area contributed by atoms with Crippen LogP contribution in [0.5, 0.6) is 0 Å². The van der Waals surface area contributed by atoms with Gasteiger partial charge in [0.1, 0.15) is 11.2 Å². The first kappa shape index (κ1) is 16.3. The molecule has 0 atom stereocenters. The van der Waals surface area contributed by atoms with E-state index in [1.807, 2.05) is 19.1 Å². The second-order valence-electron chi connectivity index (χ2n) is 5.50. The molecule has 0 radical (unpaired) electrons. The van der Waals surface area contributed by atoms with Gasteiger partial charge in [0.05, 0.1) is 6.54 Å². The molecule has 1 aromatic carbocycles. The Hall–Kier alpha value is -2.54. The molecule has 3 aromatic rings. The van der Waals surface area contributed by atoms with Gasteiger partial charge in [0.25, 0.3) is 5.56 Å². The van der Waals surface area contributed by atoms with Crippen LogP contribution in [0.25, 0.3) is 11.0 Å². The van der Waals surface area contributed by atoms with Crippen molar-refractivity contribution in [1.29, 1.82) is 0 Å². The number of aromatic amines is 1. The van der Waals surface area contributed by atoms with Gasteiger partial charge in [-0.3, -0.25) is 19.0 Å². The van der Waals surface area contributed by atoms with Gasteiger partial charge in [-0.25, -0.2) is 4.79 Å². The third kappa shape index (κ3) is 2.71. The molecule has 8 heteroatoms. The summed E-state index contributed by atoms with van der Waals surface area (Å²) in [6.07, 6.45) is 0.685. The van der Waals surface area contributed by atoms with Crippen LogP contribution in [0.2, 0.25) is 5.02 Å². The molecular formula is C16H18ClN5O2. The molecule has 2 heterocycles. The van der Waals surface area contributed by atoms with Crippen molar-refractivity contribution in [3.05, 3.63) is 55.7 Å². The maximum absolute atomic E-state index is 12.8. The standard InChI is InChI=1S/C16H18ClN5O2/c1-3-7-21-15(23)12-13(18-2)19-20-14(12)22(16(21)24)9-10-5-4-6-11(17)8-10/h4-6,8H,3,7,9H2,1-2H3,(H2,18,19,20). The maximum Gasteiger partial charge on any atom is 0.333 e. The lowest BCUT2D eigenvalue weighted by molar-refractivity contribution is 0.579. The molecule has 0 fully saturated rings. The van der Waals surface area contributed by atoms with Crippen molar-refractivity contribution in [1.82, 2.24) is 19.3 Å². The van der Waals surface area contributed by atoms with Crippen LogP contribution < -0.4 is 16.6 Å². The zero-order valence-electron chi connectivity index (χ0n) is 13.5. The van der Waals surface area contributed by atoms with E-state index in [1.165, 1.54) is 9.13 Å². The second-order valence-corrected chi connectivity index (χ2v) is 5.94. The first-order valence-corrected chi connectivity index (χ1v) is 8.08. The van der Waals surface area contributed by atoms with Gasteiger partial charge in [-0.2, -0.15) is 5.10 Å². The highest BCUT2D eigenvalue weighted by Crippen LogP contribution is 2.17. The fourth-order valence-corrected chi connectivity index (χ4v) is 2.96. The van der Waals surface area contributed by atoms with E-state index < -0.39 is 0 Å². The van der Waals surface area contributed by atoms with Crippen LogP contribution in [0.4, 0.5) is 5.82 Å².